The Bertz CT molecular complexity index is 751. The molecular weight excluding hydrogens is 340 g/mol. The number of carbonyl (C=O) groups excluding carboxylic acids is 1. The minimum absolute atomic E-state index is 0.150. The fourth-order valence-corrected chi connectivity index (χ4v) is 3.35. The number of aromatic nitrogens is 3. The first-order valence-electron chi connectivity index (χ1n) is 9.67. The highest BCUT2D eigenvalue weighted by atomic mass is 16.2. The van der Waals surface area contributed by atoms with Gasteiger partial charge in [0.1, 0.15) is 5.82 Å². The van der Waals surface area contributed by atoms with Gasteiger partial charge < -0.3 is 15.1 Å². The Labute approximate surface area is 160 Å². The van der Waals surface area contributed by atoms with E-state index in [-0.39, 0.29) is 11.8 Å². The van der Waals surface area contributed by atoms with E-state index >= 15 is 0 Å². The smallest absolute Gasteiger partial charge is 0.225 e. The Hall–Kier alpha value is -2.70. The van der Waals surface area contributed by atoms with E-state index in [0.29, 0.717) is 5.82 Å². The number of nitrogens with one attached hydrogen (secondary N) is 1. The van der Waals surface area contributed by atoms with Crippen molar-refractivity contribution in [3.63, 3.8) is 0 Å². The van der Waals surface area contributed by atoms with Crippen molar-refractivity contribution in [3.05, 3.63) is 36.0 Å². The molecule has 7 nitrogen and oxygen atoms in total. The first-order chi connectivity index (χ1) is 13.1. The highest BCUT2D eigenvalue weighted by Gasteiger charge is 2.26. The molecule has 144 valence electrons. The Morgan fingerprint density at radius 2 is 1.81 bits per heavy atom. The first kappa shape index (κ1) is 19.1. The van der Waals surface area contributed by atoms with Crippen molar-refractivity contribution in [2.45, 2.75) is 33.6 Å². The molecule has 7 heteroatoms. The third-order valence-electron chi connectivity index (χ3n) is 5.07. The molecule has 3 heterocycles. The maximum absolute atomic E-state index is 12.5. The molecule has 3 rings (SSSR count). The molecule has 0 aromatic carbocycles. The molecule has 0 unspecified atom stereocenters. The average molecular weight is 368 g/mol. The summed E-state index contributed by atoms with van der Waals surface area (Å²) in [6.45, 7) is 9.24. The summed E-state index contributed by atoms with van der Waals surface area (Å²) in [6, 6.07) is 7.79. The van der Waals surface area contributed by atoms with Crippen LogP contribution in [-0.4, -0.2) is 52.2 Å². The van der Waals surface area contributed by atoms with E-state index in [4.69, 9.17) is 0 Å². The average Bonchev–Trinajstić information content (AvgIpc) is 2.70. The number of piperazine rings is 1. The lowest BCUT2D eigenvalue weighted by Crippen LogP contribution is -2.50. The van der Waals surface area contributed by atoms with Crippen molar-refractivity contribution in [1.82, 2.24) is 20.1 Å². The van der Waals surface area contributed by atoms with Crippen molar-refractivity contribution in [2.24, 2.45) is 5.92 Å². The van der Waals surface area contributed by atoms with Crippen LogP contribution in [0.5, 0.6) is 0 Å². The number of amides is 1. The summed E-state index contributed by atoms with van der Waals surface area (Å²) in [5.74, 6) is 2.70. The van der Waals surface area contributed by atoms with E-state index in [2.05, 4.69) is 39.2 Å². The molecule has 1 aliphatic rings. The molecule has 1 N–H and O–H groups in total. The SMILES string of the molecule is CCC(CC)C(=O)N1CCN(c2ccc(Nc3cc(C)ccn3)nn2)CC1. The molecule has 27 heavy (non-hydrogen) atoms. The summed E-state index contributed by atoms with van der Waals surface area (Å²) in [6.07, 6.45) is 3.58. The zero-order chi connectivity index (χ0) is 19.2. The summed E-state index contributed by atoms with van der Waals surface area (Å²) in [7, 11) is 0. The molecule has 0 bridgehead atoms. The highest BCUT2D eigenvalue weighted by molar-refractivity contribution is 5.79. The van der Waals surface area contributed by atoms with E-state index in [1.165, 1.54) is 0 Å². The summed E-state index contributed by atoms with van der Waals surface area (Å²) in [5.41, 5.74) is 1.14. The Kier molecular flexibility index (Phi) is 6.21. The molecule has 2 aromatic heterocycles. The van der Waals surface area contributed by atoms with Gasteiger partial charge in [0.15, 0.2) is 11.6 Å². The fraction of sp³-hybridized carbons (Fsp3) is 0.500. The van der Waals surface area contributed by atoms with E-state index in [1.54, 1.807) is 6.20 Å². The van der Waals surface area contributed by atoms with Gasteiger partial charge in [-0.2, -0.15) is 0 Å². The Morgan fingerprint density at radius 3 is 2.41 bits per heavy atom. The maximum Gasteiger partial charge on any atom is 0.225 e. The number of carbonyl (C=O) groups is 1. The van der Waals surface area contributed by atoms with Crippen molar-refractivity contribution in [2.75, 3.05) is 36.4 Å². The van der Waals surface area contributed by atoms with Gasteiger partial charge in [0, 0.05) is 38.3 Å². The van der Waals surface area contributed by atoms with Crippen LogP contribution in [0.2, 0.25) is 0 Å². The van der Waals surface area contributed by atoms with Gasteiger partial charge in [0.05, 0.1) is 0 Å². The van der Waals surface area contributed by atoms with Crippen LogP contribution in [0.15, 0.2) is 30.5 Å². The quantitative estimate of drug-likeness (QED) is 0.845. The van der Waals surface area contributed by atoms with Gasteiger partial charge in [-0.3, -0.25) is 4.79 Å². The molecule has 0 radical (unpaired) electrons. The lowest BCUT2D eigenvalue weighted by atomic mass is 10.0. The van der Waals surface area contributed by atoms with Crippen LogP contribution >= 0.6 is 0 Å². The predicted molar refractivity (Wildman–Crippen MR) is 107 cm³/mol. The number of pyridine rings is 1. The van der Waals surface area contributed by atoms with E-state index in [0.717, 1.165) is 56.2 Å². The number of nitrogens with zero attached hydrogens (tertiary/aromatic N) is 5. The van der Waals surface area contributed by atoms with Crippen LogP contribution in [0, 0.1) is 12.8 Å². The number of aryl methyl sites for hydroxylation is 1. The van der Waals surface area contributed by atoms with Crippen molar-refractivity contribution in [1.29, 1.82) is 0 Å². The molecule has 1 aliphatic heterocycles. The lowest BCUT2D eigenvalue weighted by molar-refractivity contribution is -0.136. The topological polar surface area (TPSA) is 74.2 Å². The second kappa shape index (κ2) is 8.79. The summed E-state index contributed by atoms with van der Waals surface area (Å²) >= 11 is 0. The molecule has 0 atom stereocenters. The molecule has 0 aliphatic carbocycles. The Balaban J connectivity index is 1.56. The van der Waals surface area contributed by atoms with Crippen LogP contribution in [0.25, 0.3) is 0 Å². The van der Waals surface area contributed by atoms with Gasteiger partial charge in [-0.05, 0) is 49.6 Å². The standard InChI is InChI=1S/C20H28N6O/c1-4-16(5-2)20(27)26-12-10-25(11-13-26)19-7-6-17(23-24-19)22-18-14-15(3)8-9-21-18/h6-9,14,16H,4-5,10-13H2,1-3H3,(H,21,22,23). The summed E-state index contributed by atoms with van der Waals surface area (Å²) in [5, 5.41) is 11.8. The van der Waals surface area contributed by atoms with E-state index < -0.39 is 0 Å². The second-order valence-electron chi connectivity index (χ2n) is 6.95. The van der Waals surface area contributed by atoms with Crippen LogP contribution in [0.4, 0.5) is 17.5 Å². The molecule has 2 aromatic rings. The van der Waals surface area contributed by atoms with Crippen LogP contribution in [0.1, 0.15) is 32.3 Å². The van der Waals surface area contributed by atoms with Crippen molar-refractivity contribution >= 4 is 23.4 Å². The van der Waals surface area contributed by atoms with Gasteiger partial charge in [0.2, 0.25) is 5.91 Å². The van der Waals surface area contributed by atoms with Gasteiger partial charge >= 0.3 is 0 Å². The largest absolute Gasteiger partial charge is 0.352 e. The van der Waals surface area contributed by atoms with Crippen LogP contribution < -0.4 is 10.2 Å². The van der Waals surface area contributed by atoms with Gasteiger partial charge in [-0.25, -0.2) is 4.98 Å². The number of hydrogen-bond donors (Lipinski definition) is 1. The molecule has 0 saturated carbocycles. The molecule has 0 spiro atoms. The fourth-order valence-electron chi connectivity index (χ4n) is 3.35. The third-order valence-corrected chi connectivity index (χ3v) is 5.07. The van der Waals surface area contributed by atoms with Crippen LogP contribution in [0.3, 0.4) is 0 Å². The van der Waals surface area contributed by atoms with Gasteiger partial charge in [0.25, 0.3) is 0 Å². The second-order valence-corrected chi connectivity index (χ2v) is 6.95. The zero-order valence-corrected chi connectivity index (χ0v) is 16.4. The van der Waals surface area contributed by atoms with Crippen molar-refractivity contribution in [3.8, 4) is 0 Å². The van der Waals surface area contributed by atoms with Crippen LogP contribution in [-0.2, 0) is 4.79 Å². The number of anilines is 3. The van der Waals surface area contributed by atoms with Gasteiger partial charge in [-0.15, -0.1) is 10.2 Å². The molecule has 1 saturated heterocycles. The summed E-state index contributed by atoms with van der Waals surface area (Å²) in [4.78, 5) is 21.0. The minimum Gasteiger partial charge on any atom is -0.352 e. The number of rotatable bonds is 6. The van der Waals surface area contributed by atoms with Gasteiger partial charge in [-0.1, -0.05) is 13.8 Å². The molecule has 1 amide bonds. The third kappa shape index (κ3) is 4.72. The first-order valence-corrected chi connectivity index (χ1v) is 9.67. The number of hydrogen-bond acceptors (Lipinski definition) is 6. The molecule has 1 fully saturated rings. The molecular formula is C20H28N6O. The Morgan fingerprint density at radius 1 is 1.07 bits per heavy atom. The normalized spacial score (nSPS) is 14.5. The monoisotopic (exact) mass is 368 g/mol. The van der Waals surface area contributed by atoms with E-state index in [1.807, 2.05) is 36.1 Å². The van der Waals surface area contributed by atoms with Crippen molar-refractivity contribution < 1.29 is 4.79 Å². The maximum atomic E-state index is 12.5. The zero-order valence-electron chi connectivity index (χ0n) is 16.4. The predicted octanol–water partition coefficient (Wildman–Crippen LogP) is 3.01. The lowest BCUT2D eigenvalue weighted by Gasteiger charge is -2.36. The summed E-state index contributed by atoms with van der Waals surface area (Å²) < 4.78 is 0. The van der Waals surface area contributed by atoms with E-state index in [9.17, 15) is 4.79 Å². The minimum atomic E-state index is 0.150. The highest BCUT2D eigenvalue weighted by Crippen LogP contribution is 2.19.